The zero-order valence-corrected chi connectivity index (χ0v) is 18.7. The van der Waals surface area contributed by atoms with E-state index in [0.717, 1.165) is 16.7 Å². The normalized spacial score (nSPS) is 16.8. The van der Waals surface area contributed by atoms with Gasteiger partial charge in [-0.25, -0.2) is 9.69 Å². The molecule has 1 atom stereocenters. The van der Waals surface area contributed by atoms with E-state index >= 15 is 0 Å². The number of aromatic carboxylic acids is 1. The Morgan fingerprint density at radius 2 is 1.88 bits per heavy atom. The number of anilines is 2. The van der Waals surface area contributed by atoms with E-state index in [1.165, 1.54) is 48.5 Å². The van der Waals surface area contributed by atoms with Crippen molar-refractivity contribution in [1.29, 1.82) is 0 Å². The van der Waals surface area contributed by atoms with Crippen molar-refractivity contribution in [3.8, 4) is 5.75 Å². The topological polar surface area (TPSA) is 108 Å². The average Bonchev–Trinajstić information content (AvgIpc) is 3.01. The second kappa shape index (κ2) is 10.2. The number of amidine groups is 1. The summed E-state index contributed by atoms with van der Waals surface area (Å²) in [5.74, 6) is -2.12. The van der Waals surface area contributed by atoms with Gasteiger partial charge in [0.1, 0.15) is 11.0 Å². The first-order valence-electron chi connectivity index (χ1n) is 9.61. The molecule has 1 aliphatic rings. The molecule has 0 unspecified atom stereocenters. The van der Waals surface area contributed by atoms with Crippen molar-refractivity contribution < 1.29 is 33.0 Å². The molecular weight excluding hydrogens is 480 g/mol. The number of ether oxygens (including phenoxy) is 1. The number of carbonyl (C=O) groups excluding carboxylic acids is 2. The van der Waals surface area contributed by atoms with E-state index in [9.17, 15) is 23.2 Å². The van der Waals surface area contributed by atoms with Gasteiger partial charge in [0.05, 0.1) is 11.3 Å². The number of carboxylic acids is 1. The van der Waals surface area contributed by atoms with Crippen molar-refractivity contribution in [1.82, 2.24) is 0 Å². The van der Waals surface area contributed by atoms with Crippen LogP contribution in [0.15, 0.2) is 53.5 Å². The second-order valence-electron chi connectivity index (χ2n) is 6.71. The lowest BCUT2D eigenvalue weighted by molar-refractivity contribution is -0.121. The van der Waals surface area contributed by atoms with Crippen LogP contribution in [-0.4, -0.2) is 45.4 Å². The van der Waals surface area contributed by atoms with Crippen molar-refractivity contribution in [2.24, 2.45) is 4.99 Å². The highest BCUT2D eigenvalue weighted by Crippen LogP contribution is 2.31. The molecule has 1 saturated heterocycles. The molecule has 12 heteroatoms. The minimum absolute atomic E-state index is 0.0384. The van der Waals surface area contributed by atoms with Crippen LogP contribution in [0, 0.1) is 0 Å². The van der Waals surface area contributed by atoms with Gasteiger partial charge in [0.25, 0.3) is 0 Å². The van der Waals surface area contributed by atoms with Crippen molar-refractivity contribution >= 4 is 57.7 Å². The molecular formula is C21H18ClF2N3O5S. The molecule has 0 aromatic heterocycles. The van der Waals surface area contributed by atoms with Crippen molar-refractivity contribution in [2.75, 3.05) is 16.8 Å². The van der Waals surface area contributed by atoms with E-state index < -0.39 is 28.6 Å². The fourth-order valence-corrected chi connectivity index (χ4v) is 4.14. The van der Waals surface area contributed by atoms with Crippen LogP contribution in [0.4, 0.5) is 20.2 Å². The molecule has 1 heterocycles. The molecule has 0 bridgehead atoms. The standard InChI is InChI=1S/C21H18ClF2N3O5S/c1-2-25-20(26-13-5-9-15(10-6-13)32-21(22,23)24)33-16-11-17(28)27(18(16)29)14-7-3-12(4-8-14)19(30)31/h3-10,16H,2,11H2,1H3,(H,25,26)(H,30,31)/t16-/m0/s1. The summed E-state index contributed by atoms with van der Waals surface area (Å²) < 4.78 is 29.7. The van der Waals surface area contributed by atoms with Gasteiger partial charge in [0.2, 0.25) is 11.8 Å². The maximum Gasteiger partial charge on any atom is 0.487 e. The van der Waals surface area contributed by atoms with E-state index in [0.29, 0.717) is 17.4 Å². The van der Waals surface area contributed by atoms with Gasteiger partial charge >= 0.3 is 11.5 Å². The summed E-state index contributed by atoms with van der Waals surface area (Å²) >= 11 is 5.81. The summed E-state index contributed by atoms with van der Waals surface area (Å²) in [5.41, 5.74) is -3.00. The molecule has 2 N–H and O–H groups in total. The summed E-state index contributed by atoms with van der Waals surface area (Å²) in [4.78, 5) is 41.7. The number of amides is 2. The van der Waals surface area contributed by atoms with Crippen LogP contribution in [0.5, 0.6) is 5.75 Å². The van der Waals surface area contributed by atoms with Gasteiger partial charge in [0, 0.05) is 30.3 Å². The fourth-order valence-electron chi connectivity index (χ4n) is 2.97. The number of halogens is 3. The van der Waals surface area contributed by atoms with Crippen LogP contribution in [0.1, 0.15) is 23.7 Å². The molecule has 2 amide bonds. The Balaban J connectivity index is 1.69. The van der Waals surface area contributed by atoms with E-state index in [-0.39, 0.29) is 23.4 Å². The average molecular weight is 498 g/mol. The molecule has 0 saturated carbocycles. The third-order valence-electron chi connectivity index (χ3n) is 4.37. The molecule has 2 aromatic carbocycles. The van der Waals surface area contributed by atoms with E-state index in [1.54, 1.807) is 6.92 Å². The smallest absolute Gasteiger partial charge is 0.478 e. The zero-order valence-electron chi connectivity index (χ0n) is 17.1. The van der Waals surface area contributed by atoms with Gasteiger partial charge in [-0.1, -0.05) is 11.8 Å². The maximum absolute atomic E-state index is 12.9. The number of imide groups is 1. The third kappa shape index (κ3) is 6.42. The first kappa shape index (κ1) is 24.5. The van der Waals surface area contributed by atoms with E-state index in [2.05, 4.69) is 15.0 Å². The number of carbonyl (C=O) groups is 3. The summed E-state index contributed by atoms with van der Waals surface area (Å²) in [7, 11) is 0. The van der Waals surface area contributed by atoms with Crippen LogP contribution in [0.2, 0.25) is 0 Å². The predicted molar refractivity (Wildman–Crippen MR) is 121 cm³/mol. The Kier molecular flexibility index (Phi) is 7.54. The summed E-state index contributed by atoms with van der Waals surface area (Å²) in [6.45, 7) is 2.18. The Morgan fingerprint density at radius 1 is 1.24 bits per heavy atom. The Bertz CT molecular complexity index is 1070. The zero-order chi connectivity index (χ0) is 24.2. The summed E-state index contributed by atoms with van der Waals surface area (Å²) in [6, 6.07) is 11.0. The molecule has 33 heavy (non-hydrogen) atoms. The largest absolute Gasteiger partial charge is 0.487 e. The molecule has 1 fully saturated rings. The first-order valence-corrected chi connectivity index (χ1v) is 10.9. The molecule has 174 valence electrons. The summed E-state index contributed by atoms with van der Waals surface area (Å²) in [6.07, 6.45) is -0.0633. The molecule has 1 aliphatic heterocycles. The number of rotatable bonds is 7. The van der Waals surface area contributed by atoms with Gasteiger partial charge in [-0.05, 0) is 55.5 Å². The minimum atomic E-state index is -3.82. The molecule has 3 rings (SSSR count). The lowest BCUT2D eigenvalue weighted by Gasteiger charge is -2.16. The predicted octanol–water partition coefficient (Wildman–Crippen LogP) is 4.41. The minimum Gasteiger partial charge on any atom is -0.478 e. The quantitative estimate of drug-likeness (QED) is 0.252. The van der Waals surface area contributed by atoms with Gasteiger partial charge in [-0.2, -0.15) is 0 Å². The lowest BCUT2D eigenvalue weighted by Crippen LogP contribution is -2.31. The van der Waals surface area contributed by atoms with Gasteiger partial charge in [0.15, 0.2) is 5.17 Å². The van der Waals surface area contributed by atoms with Crippen molar-refractivity contribution in [3.05, 3.63) is 54.1 Å². The number of benzene rings is 2. The van der Waals surface area contributed by atoms with E-state index in [4.69, 9.17) is 16.7 Å². The number of carboxylic acid groups (broad SMARTS) is 1. The van der Waals surface area contributed by atoms with Crippen LogP contribution in [0.3, 0.4) is 0 Å². The highest BCUT2D eigenvalue weighted by Gasteiger charge is 2.40. The number of nitrogens with one attached hydrogen (secondary N) is 1. The lowest BCUT2D eigenvalue weighted by atomic mass is 10.2. The Hall–Kier alpha value is -3.18. The van der Waals surface area contributed by atoms with Gasteiger partial charge < -0.3 is 15.2 Å². The van der Waals surface area contributed by atoms with Crippen LogP contribution in [-0.2, 0) is 9.59 Å². The molecule has 0 radical (unpaired) electrons. The Morgan fingerprint density at radius 3 is 2.42 bits per heavy atom. The Labute approximate surface area is 196 Å². The monoisotopic (exact) mass is 497 g/mol. The molecule has 0 aliphatic carbocycles. The number of hydrogen-bond acceptors (Lipinski definition) is 6. The van der Waals surface area contributed by atoms with Crippen LogP contribution in [0.25, 0.3) is 0 Å². The van der Waals surface area contributed by atoms with Crippen molar-refractivity contribution in [3.63, 3.8) is 0 Å². The highest BCUT2D eigenvalue weighted by atomic mass is 35.5. The maximum atomic E-state index is 12.9. The number of thioether (sulfide) groups is 1. The van der Waals surface area contributed by atoms with Crippen LogP contribution < -0.4 is 15.0 Å². The number of aliphatic imine (C=N–C) groups is 1. The first-order chi connectivity index (χ1) is 15.6. The third-order valence-corrected chi connectivity index (χ3v) is 5.56. The van der Waals surface area contributed by atoms with Gasteiger partial charge in [-0.3, -0.25) is 14.6 Å². The van der Waals surface area contributed by atoms with E-state index in [1.807, 2.05) is 0 Å². The van der Waals surface area contributed by atoms with Crippen LogP contribution >= 0.6 is 23.4 Å². The second-order valence-corrected chi connectivity index (χ2v) is 8.34. The van der Waals surface area contributed by atoms with Gasteiger partial charge in [-0.15, -0.1) is 8.78 Å². The number of nitrogens with zero attached hydrogens (tertiary/aromatic N) is 2. The number of hydrogen-bond donors (Lipinski definition) is 2. The fraction of sp³-hybridized carbons (Fsp3) is 0.238. The highest BCUT2D eigenvalue weighted by molar-refractivity contribution is 8.15. The molecule has 2 aromatic rings. The SMILES string of the molecule is CCN=C(Nc1ccc(OC(F)(F)Cl)cc1)S[C@H]1CC(=O)N(c2ccc(C(=O)O)cc2)C1=O. The molecule has 8 nitrogen and oxygen atoms in total. The molecule has 0 spiro atoms. The summed E-state index contributed by atoms with van der Waals surface area (Å²) in [5, 5.41) is 11.6. The number of alkyl halides is 3. The van der Waals surface area contributed by atoms with Crippen molar-refractivity contribution in [2.45, 2.75) is 24.2 Å².